The molecule has 0 aliphatic carbocycles. The van der Waals surface area contributed by atoms with E-state index in [1.165, 1.54) is 0 Å². The number of hydrogen-bond donors (Lipinski definition) is 2. The Hall–Kier alpha value is -0.620. The van der Waals surface area contributed by atoms with Crippen LogP contribution in [-0.4, -0.2) is 35.7 Å². The second kappa shape index (κ2) is 10.9. The van der Waals surface area contributed by atoms with Crippen molar-refractivity contribution in [3.63, 3.8) is 0 Å². The van der Waals surface area contributed by atoms with Crippen molar-refractivity contribution in [2.45, 2.75) is 24.3 Å². The fraction of sp³-hybridized carbons (Fsp3) is 0.600. The third kappa shape index (κ3) is 9.92. The fourth-order valence-corrected chi connectivity index (χ4v) is 0.675. The van der Waals surface area contributed by atoms with Crippen LogP contribution < -0.4 is 0 Å². The van der Waals surface area contributed by atoms with Gasteiger partial charge in [-0.15, -0.1) is 13.2 Å². The Morgan fingerprint density at radius 3 is 1.44 bits per heavy atom. The molecule has 0 amide bonds. The normalized spacial score (nSPS) is 12.8. The van der Waals surface area contributed by atoms with Crippen LogP contribution in [0.15, 0.2) is 13.2 Å². The summed E-state index contributed by atoms with van der Waals surface area (Å²) >= 11 is 7.75. The minimum absolute atomic E-state index is 0.0516. The second-order valence-corrected chi connectivity index (χ2v) is 4.24. The van der Waals surface area contributed by atoms with Gasteiger partial charge < -0.3 is 9.47 Å². The van der Waals surface area contributed by atoms with Crippen LogP contribution in [0.1, 0.15) is 13.8 Å². The maximum Gasteiger partial charge on any atom is 0.318 e. The number of esters is 2. The summed E-state index contributed by atoms with van der Waals surface area (Å²) in [5.74, 6) is -0.855. The van der Waals surface area contributed by atoms with E-state index in [4.69, 9.17) is 9.47 Å². The molecular weight excluding hydrogens is 248 g/mol. The van der Waals surface area contributed by atoms with Gasteiger partial charge in [0, 0.05) is 0 Å². The van der Waals surface area contributed by atoms with Crippen molar-refractivity contribution < 1.29 is 19.1 Å². The molecule has 0 spiro atoms. The maximum atomic E-state index is 10.9. The number of ether oxygens (including phenoxy) is 2. The van der Waals surface area contributed by atoms with Crippen molar-refractivity contribution in [1.29, 1.82) is 0 Å². The van der Waals surface area contributed by atoms with E-state index in [1.54, 1.807) is 13.8 Å². The molecule has 0 fully saturated rings. The molecular formula is C10H18O4S2. The highest BCUT2D eigenvalue weighted by atomic mass is 32.1. The standard InChI is InChI=1S/C8H14O4S2.C2H4/c1-5(13)7(9)11-3-4-12-8(10)6(2)14;1-2/h5-6,13-14H,3-4H2,1-2H3;1-2H2. The summed E-state index contributed by atoms with van der Waals surface area (Å²) < 4.78 is 9.43. The zero-order chi connectivity index (χ0) is 13.1. The molecule has 0 N–H and O–H groups in total. The predicted molar refractivity (Wildman–Crippen MR) is 70.1 cm³/mol. The second-order valence-electron chi connectivity index (χ2n) is 2.69. The molecule has 0 bridgehead atoms. The Morgan fingerprint density at radius 2 is 1.25 bits per heavy atom. The first-order valence-corrected chi connectivity index (χ1v) is 5.68. The Morgan fingerprint density at radius 1 is 1.00 bits per heavy atom. The highest BCUT2D eigenvalue weighted by Gasteiger charge is 2.11. The van der Waals surface area contributed by atoms with Crippen LogP contribution in [-0.2, 0) is 19.1 Å². The molecule has 0 aromatic carbocycles. The molecule has 0 heterocycles. The van der Waals surface area contributed by atoms with Gasteiger partial charge in [-0.2, -0.15) is 25.3 Å². The van der Waals surface area contributed by atoms with Crippen LogP contribution in [0.5, 0.6) is 0 Å². The van der Waals surface area contributed by atoms with Gasteiger partial charge in [0.25, 0.3) is 0 Å². The Kier molecular flexibility index (Phi) is 12.1. The molecule has 0 aromatic heterocycles. The van der Waals surface area contributed by atoms with Crippen molar-refractivity contribution in [3.05, 3.63) is 13.2 Å². The summed E-state index contributed by atoms with van der Waals surface area (Å²) in [5.41, 5.74) is 0. The number of rotatable bonds is 5. The van der Waals surface area contributed by atoms with Crippen LogP contribution in [0, 0.1) is 0 Å². The zero-order valence-electron chi connectivity index (χ0n) is 9.51. The van der Waals surface area contributed by atoms with E-state index in [0.717, 1.165) is 0 Å². The number of hydrogen-bond acceptors (Lipinski definition) is 6. The van der Waals surface area contributed by atoms with Crippen molar-refractivity contribution >= 4 is 37.2 Å². The van der Waals surface area contributed by atoms with Gasteiger partial charge in [-0.25, -0.2) is 0 Å². The molecule has 0 aromatic rings. The van der Waals surface area contributed by atoms with Crippen molar-refractivity contribution in [2.75, 3.05) is 13.2 Å². The fourth-order valence-electron chi connectivity index (χ4n) is 0.526. The first-order valence-electron chi connectivity index (χ1n) is 4.64. The number of carbonyl (C=O) groups is 2. The van der Waals surface area contributed by atoms with Gasteiger partial charge in [-0.05, 0) is 13.8 Å². The third-order valence-electron chi connectivity index (χ3n) is 1.25. The van der Waals surface area contributed by atoms with Gasteiger partial charge >= 0.3 is 11.9 Å². The van der Waals surface area contributed by atoms with Gasteiger partial charge in [0.15, 0.2) is 0 Å². The summed E-state index contributed by atoms with van der Waals surface area (Å²) in [4.78, 5) is 21.7. The average molecular weight is 266 g/mol. The van der Waals surface area contributed by atoms with Crippen LogP contribution in [0.3, 0.4) is 0 Å². The van der Waals surface area contributed by atoms with E-state index in [-0.39, 0.29) is 13.2 Å². The van der Waals surface area contributed by atoms with E-state index in [0.29, 0.717) is 0 Å². The number of carbonyl (C=O) groups excluding carboxylic acids is 2. The third-order valence-corrected chi connectivity index (χ3v) is 1.68. The monoisotopic (exact) mass is 266 g/mol. The first-order chi connectivity index (χ1) is 7.45. The van der Waals surface area contributed by atoms with E-state index < -0.39 is 22.4 Å². The summed E-state index contributed by atoms with van der Waals surface area (Å²) in [6.07, 6.45) is 0. The van der Waals surface area contributed by atoms with Crippen LogP contribution in [0.2, 0.25) is 0 Å². The van der Waals surface area contributed by atoms with Crippen molar-refractivity contribution in [2.24, 2.45) is 0 Å². The average Bonchev–Trinajstić information content (AvgIpc) is 2.26. The van der Waals surface area contributed by atoms with E-state index in [2.05, 4.69) is 38.4 Å². The van der Waals surface area contributed by atoms with Gasteiger partial charge in [0.2, 0.25) is 0 Å². The quantitative estimate of drug-likeness (QED) is 0.343. The number of thiol groups is 2. The Bertz CT molecular complexity index is 195. The van der Waals surface area contributed by atoms with E-state index in [9.17, 15) is 9.59 Å². The Labute approximate surface area is 107 Å². The van der Waals surface area contributed by atoms with Gasteiger partial charge in [-0.1, -0.05) is 0 Å². The Balaban J connectivity index is 0. The molecule has 2 unspecified atom stereocenters. The zero-order valence-corrected chi connectivity index (χ0v) is 11.3. The largest absolute Gasteiger partial charge is 0.461 e. The lowest BCUT2D eigenvalue weighted by Gasteiger charge is -2.08. The predicted octanol–water partition coefficient (Wildman–Crippen LogP) is 1.51. The van der Waals surface area contributed by atoms with Crippen molar-refractivity contribution in [3.8, 4) is 0 Å². The SMILES string of the molecule is C=C.CC(S)C(=O)OCCOC(=O)C(C)S. The van der Waals surface area contributed by atoms with Crippen LogP contribution in [0.25, 0.3) is 0 Å². The molecule has 4 nitrogen and oxygen atoms in total. The smallest absolute Gasteiger partial charge is 0.318 e. The highest BCUT2D eigenvalue weighted by molar-refractivity contribution is 7.81. The summed E-state index contributed by atoms with van der Waals surface area (Å²) in [6.45, 7) is 9.31. The first kappa shape index (κ1) is 17.8. The van der Waals surface area contributed by atoms with Crippen molar-refractivity contribution in [1.82, 2.24) is 0 Å². The van der Waals surface area contributed by atoms with Crippen LogP contribution >= 0.6 is 25.3 Å². The van der Waals surface area contributed by atoms with Crippen LogP contribution in [0.4, 0.5) is 0 Å². The molecule has 6 heteroatoms. The maximum absolute atomic E-state index is 10.9. The molecule has 94 valence electrons. The summed E-state index contributed by atoms with van der Waals surface area (Å²) in [7, 11) is 0. The molecule has 0 radical (unpaired) electrons. The van der Waals surface area contributed by atoms with E-state index >= 15 is 0 Å². The molecule has 0 aliphatic heterocycles. The summed E-state index contributed by atoms with van der Waals surface area (Å²) in [6, 6.07) is 0. The van der Waals surface area contributed by atoms with Gasteiger partial charge in [0.05, 0.1) is 10.5 Å². The lowest BCUT2D eigenvalue weighted by molar-refractivity contribution is -0.151. The molecule has 2 atom stereocenters. The minimum atomic E-state index is -0.463. The summed E-state index contributed by atoms with van der Waals surface area (Å²) in [5, 5.41) is -0.927. The lowest BCUT2D eigenvalue weighted by Crippen LogP contribution is -2.21. The lowest BCUT2D eigenvalue weighted by atomic mass is 10.5. The topological polar surface area (TPSA) is 52.6 Å². The molecule has 0 rings (SSSR count). The molecule has 0 saturated heterocycles. The minimum Gasteiger partial charge on any atom is -0.461 e. The highest BCUT2D eigenvalue weighted by Crippen LogP contribution is 1.98. The molecule has 0 saturated carbocycles. The van der Waals surface area contributed by atoms with E-state index in [1.807, 2.05) is 0 Å². The molecule has 0 aliphatic rings. The van der Waals surface area contributed by atoms with Gasteiger partial charge in [0.1, 0.15) is 13.2 Å². The molecule has 16 heavy (non-hydrogen) atoms. The van der Waals surface area contributed by atoms with Gasteiger partial charge in [-0.3, -0.25) is 9.59 Å².